The predicted octanol–water partition coefficient (Wildman–Crippen LogP) is 3.68. The molecule has 3 nitrogen and oxygen atoms in total. The fourth-order valence-corrected chi connectivity index (χ4v) is 3.17. The molecule has 1 aliphatic rings. The number of likely N-dealkylation sites (tertiary alicyclic amines) is 1. The Bertz CT molecular complexity index is 425. The van der Waals surface area contributed by atoms with Crippen LogP contribution in [0.4, 0.5) is 0 Å². The van der Waals surface area contributed by atoms with E-state index >= 15 is 0 Å². The Balaban J connectivity index is 1.76. The molecule has 0 amide bonds. The predicted molar refractivity (Wildman–Crippen MR) is 92.0 cm³/mol. The number of hydrogen-bond acceptors (Lipinski definition) is 3. The minimum Gasteiger partial charge on any atom is -0.492 e. The number of halogens is 1. The smallest absolute Gasteiger partial charge is 0.120 e. The fourth-order valence-electron chi connectivity index (χ4n) is 2.79. The van der Waals surface area contributed by atoms with Crippen LogP contribution in [-0.4, -0.2) is 43.2 Å². The van der Waals surface area contributed by atoms with Crippen molar-refractivity contribution in [3.05, 3.63) is 28.7 Å². The van der Waals surface area contributed by atoms with Crippen LogP contribution in [0.15, 0.2) is 28.7 Å². The summed E-state index contributed by atoms with van der Waals surface area (Å²) in [6, 6.07) is 9.28. The van der Waals surface area contributed by atoms with E-state index in [1.807, 2.05) is 24.3 Å². The van der Waals surface area contributed by atoms with Crippen LogP contribution in [0.1, 0.15) is 33.1 Å². The molecule has 21 heavy (non-hydrogen) atoms. The normalized spacial score (nSPS) is 19.9. The van der Waals surface area contributed by atoms with Gasteiger partial charge in [0.25, 0.3) is 0 Å². The molecule has 1 saturated heterocycles. The molecule has 2 rings (SSSR count). The van der Waals surface area contributed by atoms with Crippen molar-refractivity contribution < 1.29 is 4.74 Å². The quantitative estimate of drug-likeness (QED) is 0.808. The van der Waals surface area contributed by atoms with Crippen molar-refractivity contribution >= 4 is 15.9 Å². The van der Waals surface area contributed by atoms with Gasteiger partial charge in [0.05, 0.1) is 0 Å². The number of benzene rings is 1. The highest BCUT2D eigenvalue weighted by Crippen LogP contribution is 2.19. The molecule has 1 heterocycles. The van der Waals surface area contributed by atoms with Crippen molar-refractivity contribution in [3.63, 3.8) is 0 Å². The Labute approximate surface area is 137 Å². The highest BCUT2D eigenvalue weighted by Gasteiger charge is 2.21. The lowest BCUT2D eigenvalue weighted by Crippen LogP contribution is -2.48. The molecule has 1 aromatic carbocycles. The number of nitrogens with one attached hydrogen (secondary N) is 1. The summed E-state index contributed by atoms with van der Waals surface area (Å²) in [5.41, 5.74) is 0. The summed E-state index contributed by atoms with van der Waals surface area (Å²) >= 11 is 3.48. The van der Waals surface area contributed by atoms with Gasteiger partial charge in [0.1, 0.15) is 12.4 Å². The third-order valence-corrected chi connectivity index (χ3v) is 4.45. The van der Waals surface area contributed by atoms with Crippen LogP contribution in [-0.2, 0) is 0 Å². The first-order chi connectivity index (χ1) is 10.1. The van der Waals surface area contributed by atoms with E-state index in [0.717, 1.165) is 29.9 Å². The van der Waals surface area contributed by atoms with E-state index in [4.69, 9.17) is 4.74 Å². The average Bonchev–Trinajstić information content (AvgIpc) is 2.46. The zero-order chi connectivity index (χ0) is 15.1. The molecule has 0 spiro atoms. The third-order valence-electron chi connectivity index (χ3n) is 3.95. The SMILES string of the molecule is CC(C)NCC1CCCCN1CCOc1cccc(Br)c1. The topological polar surface area (TPSA) is 24.5 Å². The van der Waals surface area contributed by atoms with Gasteiger partial charge in [-0.3, -0.25) is 4.90 Å². The van der Waals surface area contributed by atoms with E-state index in [1.54, 1.807) is 0 Å². The lowest BCUT2D eigenvalue weighted by molar-refractivity contribution is 0.120. The van der Waals surface area contributed by atoms with Crippen LogP contribution in [0.2, 0.25) is 0 Å². The Kier molecular flexibility index (Phi) is 7.00. The van der Waals surface area contributed by atoms with Crippen molar-refractivity contribution in [2.45, 2.75) is 45.2 Å². The number of piperidine rings is 1. The fraction of sp³-hybridized carbons (Fsp3) is 0.647. The summed E-state index contributed by atoms with van der Waals surface area (Å²) in [6.45, 7) is 8.49. The van der Waals surface area contributed by atoms with Gasteiger partial charge in [-0.15, -0.1) is 0 Å². The second-order valence-electron chi connectivity index (χ2n) is 6.05. The van der Waals surface area contributed by atoms with Crippen molar-refractivity contribution in [2.75, 3.05) is 26.2 Å². The molecule has 1 N–H and O–H groups in total. The van der Waals surface area contributed by atoms with Gasteiger partial charge in [-0.2, -0.15) is 0 Å². The zero-order valence-electron chi connectivity index (χ0n) is 13.1. The number of hydrogen-bond donors (Lipinski definition) is 1. The van der Waals surface area contributed by atoms with E-state index < -0.39 is 0 Å². The maximum absolute atomic E-state index is 5.87. The minimum atomic E-state index is 0.562. The van der Waals surface area contributed by atoms with Crippen molar-refractivity contribution in [2.24, 2.45) is 0 Å². The lowest BCUT2D eigenvalue weighted by Gasteiger charge is -2.36. The molecule has 1 aromatic rings. The van der Waals surface area contributed by atoms with Gasteiger partial charge in [-0.05, 0) is 37.6 Å². The summed E-state index contributed by atoms with van der Waals surface area (Å²) in [5.74, 6) is 0.943. The number of ether oxygens (including phenoxy) is 1. The Morgan fingerprint density at radius 2 is 2.24 bits per heavy atom. The van der Waals surface area contributed by atoms with Gasteiger partial charge in [-0.1, -0.05) is 42.3 Å². The van der Waals surface area contributed by atoms with Gasteiger partial charge in [0, 0.05) is 29.6 Å². The molecule has 0 aromatic heterocycles. The minimum absolute atomic E-state index is 0.562. The molecule has 1 fully saturated rings. The van der Waals surface area contributed by atoms with E-state index in [2.05, 4.69) is 40.0 Å². The third kappa shape index (κ3) is 5.97. The molecule has 0 radical (unpaired) electrons. The Hall–Kier alpha value is -0.580. The van der Waals surface area contributed by atoms with Gasteiger partial charge in [-0.25, -0.2) is 0 Å². The van der Waals surface area contributed by atoms with Crippen LogP contribution < -0.4 is 10.1 Å². The summed E-state index contributed by atoms with van der Waals surface area (Å²) in [6.07, 6.45) is 3.97. The van der Waals surface area contributed by atoms with Crippen LogP contribution in [0.25, 0.3) is 0 Å². The zero-order valence-corrected chi connectivity index (χ0v) is 14.7. The van der Waals surface area contributed by atoms with Crippen LogP contribution >= 0.6 is 15.9 Å². The average molecular weight is 355 g/mol. The van der Waals surface area contributed by atoms with Gasteiger partial charge >= 0.3 is 0 Å². The molecule has 1 unspecified atom stereocenters. The van der Waals surface area contributed by atoms with E-state index in [-0.39, 0.29) is 0 Å². The summed E-state index contributed by atoms with van der Waals surface area (Å²) < 4.78 is 6.94. The lowest BCUT2D eigenvalue weighted by atomic mass is 10.0. The molecule has 1 atom stereocenters. The summed E-state index contributed by atoms with van der Waals surface area (Å²) in [7, 11) is 0. The van der Waals surface area contributed by atoms with Crippen molar-refractivity contribution in [3.8, 4) is 5.75 Å². The van der Waals surface area contributed by atoms with E-state index in [0.29, 0.717) is 12.1 Å². The number of nitrogens with zero attached hydrogens (tertiary/aromatic N) is 1. The Morgan fingerprint density at radius 1 is 1.38 bits per heavy atom. The second-order valence-corrected chi connectivity index (χ2v) is 6.97. The molecular weight excluding hydrogens is 328 g/mol. The highest BCUT2D eigenvalue weighted by molar-refractivity contribution is 9.10. The van der Waals surface area contributed by atoms with Crippen molar-refractivity contribution in [1.29, 1.82) is 0 Å². The first kappa shape index (κ1) is 16.8. The molecule has 118 valence electrons. The maximum atomic E-state index is 5.87. The van der Waals surface area contributed by atoms with Gasteiger partial charge < -0.3 is 10.1 Å². The van der Waals surface area contributed by atoms with Gasteiger partial charge in [0.2, 0.25) is 0 Å². The Morgan fingerprint density at radius 3 is 3.00 bits per heavy atom. The first-order valence-electron chi connectivity index (χ1n) is 8.01. The number of rotatable bonds is 7. The monoisotopic (exact) mass is 354 g/mol. The standard InChI is InChI=1S/C17H27BrN2O/c1-14(2)19-13-16-7-3-4-9-20(16)10-11-21-17-8-5-6-15(18)12-17/h5-6,8,12,14,16,19H,3-4,7,9-11,13H2,1-2H3. The molecule has 1 aliphatic heterocycles. The summed E-state index contributed by atoms with van der Waals surface area (Å²) in [4.78, 5) is 2.58. The summed E-state index contributed by atoms with van der Waals surface area (Å²) in [5, 5.41) is 3.57. The molecular formula is C17H27BrN2O. The molecule has 0 saturated carbocycles. The first-order valence-corrected chi connectivity index (χ1v) is 8.80. The van der Waals surface area contributed by atoms with Gasteiger partial charge in [0.15, 0.2) is 0 Å². The van der Waals surface area contributed by atoms with Crippen LogP contribution in [0.5, 0.6) is 5.75 Å². The largest absolute Gasteiger partial charge is 0.492 e. The molecule has 0 aliphatic carbocycles. The van der Waals surface area contributed by atoms with Crippen LogP contribution in [0.3, 0.4) is 0 Å². The highest BCUT2D eigenvalue weighted by atomic mass is 79.9. The molecule has 4 heteroatoms. The van der Waals surface area contributed by atoms with E-state index in [9.17, 15) is 0 Å². The van der Waals surface area contributed by atoms with Crippen molar-refractivity contribution in [1.82, 2.24) is 10.2 Å². The van der Waals surface area contributed by atoms with Crippen LogP contribution in [0, 0.1) is 0 Å². The second kappa shape index (κ2) is 8.76. The molecule has 0 bridgehead atoms. The van der Waals surface area contributed by atoms with E-state index in [1.165, 1.54) is 25.8 Å². The maximum Gasteiger partial charge on any atom is 0.120 e.